The van der Waals surface area contributed by atoms with Crippen molar-refractivity contribution < 1.29 is 9.21 Å². The molecule has 1 unspecified atom stereocenters. The zero-order valence-electron chi connectivity index (χ0n) is 9.61. The fraction of sp³-hybridized carbons (Fsp3) is 0.583. The standard InChI is InChI=1S/C12H18N2O2/c1-9-4-7-16-11(9)12(15)14-6-3-10(8-14)2-5-13/h4,7,10H,2-3,5-6,8,13H2,1H3. The molecule has 1 saturated heterocycles. The third-order valence-corrected chi connectivity index (χ3v) is 3.20. The van der Waals surface area contributed by atoms with Crippen molar-refractivity contribution in [1.29, 1.82) is 0 Å². The van der Waals surface area contributed by atoms with Crippen molar-refractivity contribution in [2.45, 2.75) is 19.8 Å². The van der Waals surface area contributed by atoms with Crippen LogP contribution in [0, 0.1) is 12.8 Å². The third-order valence-electron chi connectivity index (χ3n) is 3.20. The van der Waals surface area contributed by atoms with Crippen molar-refractivity contribution in [1.82, 2.24) is 4.90 Å². The van der Waals surface area contributed by atoms with Crippen molar-refractivity contribution in [3.8, 4) is 0 Å². The summed E-state index contributed by atoms with van der Waals surface area (Å²) in [5, 5.41) is 0. The van der Waals surface area contributed by atoms with Gasteiger partial charge in [0.25, 0.3) is 5.91 Å². The molecule has 2 heterocycles. The number of hydrogen-bond acceptors (Lipinski definition) is 3. The lowest BCUT2D eigenvalue weighted by Crippen LogP contribution is -2.29. The Balaban J connectivity index is 2.00. The van der Waals surface area contributed by atoms with Crippen molar-refractivity contribution in [2.75, 3.05) is 19.6 Å². The second kappa shape index (κ2) is 4.70. The first-order valence-corrected chi connectivity index (χ1v) is 5.76. The highest BCUT2D eigenvalue weighted by Crippen LogP contribution is 2.22. The molecule has 1 aromatic rings. The van der Waals surface area contributed by atoms with E-state index in [0.29, 0.717) is 18.2 Å². The monoisotopic (exact) mass is 222 g/mol. The van der Waals surface area contributed by atoms with Crippen molar-refractivity contribution in [3.63, 3.8) is 0 Å². The van der Waals surface area contributed by atoms with Gasteiger partial charge in [-0.15, -0.1) is 0 Å². The number of likely N-dealkylation sites (tertiary alicyclic amines) is 1. The van der Waals surface area contributed by atoms with Gasteiger partial charge in [0, 0.05) is 18.7 Å². The molecule has 0 saturated carbocycles. The SMILES string of the molecule is Cc1ccoc1C(=O)N1CCC(CCN)C1. The van der Waals surface area contributed by atoms with Crippen molar-refractivity contribution >= 4 is 5.91 Å². The first-order chi connectivity index (χ1) is 7.72. The van der Waals surface area contributed by atoms with Gasteiger partial charge in [-0.1, -0.05) is 0 Å². The normalized spacial score (nSPS) is 20.4. The van der Waals surface area contributed by atoms with E-state index < -0.39 is 0 Å². The molecule has 16 heavy (non-hydrogen) atoms. The maximum absolute atomic E-state index is 12.1. The summed E-state index contributed by atoms with van der Waals surface area (Å²) in [6.07, 6.45) is 3.62. The van der Waals surface area contributed by atoms with E-state index >= 15 is 0 Å². The van der Waals surface area contributed by atoms with Crippen LogP contribution < -0.4 is 5.73 Å². The molecular formula is C12H18N2O2. The molecule has 88 valence electrons. The van der Waals surface area contributed by atoms with Crippen LogP contribution in [0.4, 0.5) is 0 Å². The molecule has 0 spiro atoms. The molecule has 2 N–H and O–H groups in total. The summed E-state index contributed by atoms with van der Waals surface area (Å²) in [5.41, 5.74) is 6.44. The minimum absolute atomic E-state index is 0.0158. The molecule has 1 aliphatic rings. The maximum Gasteiger partial charge on any atom is 0.289 e. The third kappa shape index (κ3) is 2.11. The van der Waals surface area contributed by atoms with Crippen LogP contribution in [0.2, 0.25) is 0 Å². The van der Waals surface area contributed by atoms with Gasteiger partial charge in [-0.3, -0.25) is 4.79 Å². The Morgan fingerprint density at radius 3 is 3.12 bits per heavy atom. The van der Waals surface area contributed by atoms with E-state index in [2.05, 4.69) is 0 Å². The first kappa shape index (κ1) is 11.2. The summed E-state index contributed by atoms with van der Waals surface area (Å²) < 4.78 is 5.22. The summed E-state index contributed by atoms with van der Waals surface area (Å²) in [6.45, 7) is 4.23. The van der Waals surface area contributed by atoms with Crippen LogP contribution >= 0.6 is 0 Å². The lowest BCUT2D eigenvalue weighted by atomic mass is 10.1. The minimum atomic E-state index is 0.0158. The zero-order valence-corrected chi connectivity index (χ0v) is 9.61. The summed E-state index contributed by atoms with van der Waals surface area (Å²) >= 11 is 0. The van der Waals surface area contributed by atoms with Gasteiger partial charge in [-0.2, -0.15) is 0 Å². The van der Waals surface area contributed by atoms with Gasteiger partial charge in [-0.05, 0) is 38.3 Å². The Hall–Kier alpha value is -1.29. The van der Waals surface area contributed by atoms with Gasteiger partial charge in [-0.25, -0.2) is 0 Å². The molecule has 1 fully saturated rings. The predicted octanol–water partition coefficient (Wildman–Crippen LogP) is 1.40. The largest absolute Gasteiger partial charge is 0.459 e. The maximum atomic E-state index is 12.1. The topological polar surface area (TPSA) is 59.5 Å². The highest BCUT2D eigenvalue weighted by atomic mass is 16.3. The molecule has 4 heteroatoms. The number of aryl methyl sites for hydroxylation is 1. The number of amides is 1. The molecule has 1 amide bonds. The van der Waals surface area contributed by atoms with E-state index in [0.717, 1.165) is 31.5 Å². The average Bonchev–Trinajstić information content (AvgIpc) is 2.87. The molecule has 4 nitrogen and oxygen atoms in total. The van der Waals surface area contributed by atoms with E-state index in [1.54, 1.807) is 6.26 Å². The van der Waals surface area contributed by atoms with Crippen LogP contribution in [0.1, 0.15) is 29.0 Å². The van der Waals surface area contributed by atoms with E-state index in [1.807, 2.05) is 17.9 Å². The second-order valence-electron chi connectivity index (χ2n) is 4.42. The molecule has 1 aliphatic heterocycles. The molecular weight excluding hydrogens is 204 g/mol. The number of nitrogens with zero attached hydrogens (tertiary/aromatic N) is 1. The predicted molar refractivity (Wildman–Crippen MR) is 61.1 cm³/mol. The Kier molecular flexibility index (Phi) is 3.29. The van der Waals surface area contributed by atoms with Crippen molar-refractivity contribution in [3.05, 3.63) is 23.7 Å². The molecule has 0 aliphatic carbocycles. The highest BCUT2D eigenvalue weighted by molar-refractivity contribution is 5.93. The summed E-state index contributed by atoms with van der Waals surface area (Å²) in [6, 6.07) is 1.82. The number of carbonyl (C=O) groups excluding carboxylic acids is 1. The number of nitrogens with two attached hydrogens (primary N) is 1. The average molecular weight is 222 g/mol. The van der Waals surface area contributed by atoms with Crippen LogP contribution in [0.25, 0.3) is 0 Å². The summed E-state index contributed by atoms with van der Waals surface area (Å²) in [5.74, 6) is 1.06. The molecule has 0 bridgehead atoms. The van der Waals surface area contributed by atoms with Crippen molar-refractivity contribution in [2.24, 2.45) is 11.7 Å². The summed E-state index contributed by atoms with van der Waals surface area (Å²) in [4.78, 5) is 13.9. The van der Waals surface area contributed by atoms with Crippen LogP contribution in [-0.4, -0.2) is 30.4 Å². The van der Waals surface area contributed by atoms with Gasteiger partial charge < -0.3 is 15.1 Å². The smallest absolute Gasteiger partial charge is 0.289 e. The Morgan fingerprint density at radius 2 is 2.50 bits per heavy atom. The zero-order chi connectivity index (χ0) is 11.5. The van der Waals surface area contributed by atoms with Crippen LogP contribution in [0.15, 0.2) is 16.7 Å². The van der Waals surface area contributed by atoms with Gasteiger partial charge >= 0.3 is 0 Å². The fourth-order valence-electron chi connectivity index (χ4n) is 2.22. The number of carbonyl (C=O) groups is 1. The lowest BCUT2D eigenvalue weighted by molar-refractivity contribution is 0.0754. The molecule has 0 aromatic carbocycles. The van der Waals surface area contributed by atoms with Crippen LogP contribution in [0.5, 0.6) is 0 Å². The van der Waals surface area contributed by atoms with E-state index in [9.17, 15) is 4.79 Å². The van der Waals surface area contributed by atoms with E-state index in [-0.39, 0.29) is 5.91 Å². The highest BCUT2D eigenvalue weighted by Gasteiger charge is 2.28. The second-order valence-corrected chi connectivity index (χ2v) is 4.42. The summed E-state index contributed by atoms with van der Waals surface area (Å²) in [7, 11) is 0. The quantitative estimate of drug-likeness (QED) is 0.841. The Bertz CT molecular complexity index is 373. The number of furan rings is 1. The van der Waals surface area contributed by atoms with Crippen LogP contribution in [0.3, 0.4) is 0 Å². The Labute approximate surface area is 95.4 Å². The van der Waals surface area contributed by atoms with Gasteiger partial charge in [0.05, 0.1) is 6.26 Å². The fourth-order valence-corrected chi connectivity index (χ4v) is 2.22. The molecule has 0 radical (unpaired) electrons. The number of rotatable bonds is 3. The van der Waals surface area contributed by atoms with Crippen LogP contribution in [-0.2, 0) is 0 Å². The molecule has 2 rings (SSSR count). The van der Waals surface area contributed by atoms with E-state index in [4.69, 9.17) is 10.2 Å². The molecule has 1 aromatic heterocycles. The minimum Gasteiger partial charge on any atom is -0.459 e. The molecule has 1 atom stereocenters. The lowest BCUT2D eigenvalue weighted by Gasteiger charge is -2.15. The van der Waals surface area contributed by atoms with Gasteiger partial charge in [0.1, 0.15) is 0 Å². The van der Waals surface area contributed by atoms with Gasteiger partial charge in [0.15, 0.2) is 5.76 Å². The first-order valence-electron chi connectivity index (χ1n) is 5.76. The Morgan fingerprint density at radius 1 is 1.69 bits per heavy atom. The number of hydrogen-bond donors (Lipinski definition) is 1. The van der Waals surface area contributed by atoms with E-state index in [1.165, 1.54) is 0 Å². The van der Waals surface area contributed by atoms with Gasteiger partial charge in [0.2, 0.25) is 0 Å².